The van der Waals surface area contributed by atoms with Crippen LogP contribution in [0.1, 0.15) is 12.0 Å². The van der Waals surface area contributed by atoms with Crippen molar-refractivity contribution in [3.05, 3.63) is 23.8 Å². The molecule has 0 fully saturated rings. The van der Waals surface area contributed by atoms with Crippen molar-refractivity contribution in [2.75, 3.05) is 12.4 Å². The maximum absolute atomic E-state index is 11.9. The summed E-state index contributed by atoms with van der Waals surface area (Å²) in [5.74, 6) is -0.471. The zero-order valence-corrected chi connectivity index (χ0v) is 9.39. The van der Waals surface area contributed by atoms with Crippen LogP contribution in [0.2, 0.25) is 0 Å². The highest BCUT2D eigenvalue weighted by molar-refractivity contribution is 5.91. The molecule has 0 heterocycles. The molecule has 1 aromatic rings. The number of hydrogen-bond acceptors (Lipinski definition) is 2. The van der Waals surface area contributed by atoms with Crippen molar-refractivity contribution in [2.24, 2.45) is 0 Å². The second-order valence-electron chi connectivity index (χ2n) is 3.52. The van der Waals surface area contributed by atoms with E-state index in [4.69, 9.17) is 4.74 Å². The highest BCUT2D eigenvalue weighted by Crippen LogP contribution is 2.23. The summed E-state index contributed by atoms with van der Waals surface area (Å²) in [6.45, 7) is 1.73. The van der Waals surface area contributed by atoms with Gasteiger partial charge >= 0.3 is 6.18 Å². The third-order valence-corrected chi connectivity index (χ3v) is 2.04. The highest BCUT2D eigenvalue weighted by Gasteiger charge is 2.31. The number of ether oxygens (including phenoxy) is 1. The first-order valence-corrected chi connectivity index (χ1v) is 4.83. The van der Waals surface area contributed by atoms with Gasteiger partial charge in [0.1, 0.15) is 12.2 Å². The van der Waals surface area contributed by atoms with Crippen LogP contribution >= 0.6 is 0 Å². The number of hydrogen-bond donors (Lipinski definition) is 1. The molecule has 1 aromatic carbocycles. The SMILES string of the molecule is COc1ccc(NC(=O)CC(F)(F)F)cc1C. The molecule has 94 valence electrons. The summed E-state index contributed by atoms with van der Waals surface area (Å²) >= 11 is 0. The van der Waals surface area contributed by atoms with Gasteiger partial charge in [0.15, 0.2) is 0 Å². The monoisotopic (exact) mass is 247 g/mol. The molecule has 1 amide bonds. The van der Waals surface area contributed by atoms with E-state index in [-0.39, 0.29) is 0 Å². The summed E-state index contributed by atoms with van der Waals surface area (Å²) in [4.78, 5) is 11.0. The average molecular weight is 247 g/mol. The lowest BCUT2D eigenvalue weighted by atomic mass is 10.2. The fourth-order valence-electron chi connectivity index (χ4n) is 1.34. The van der Waals surface area contributed by atoms with Crippen LogP contribution in [0.4, 0.5) is 18.9 Å². The predicted octanol–water partition coefficient (Wildman–Crippen LogP) is 2.89. The van der Waals surface area contributed by atoms with Crippen LogP contribution in [0.15, 0.2) is 18.2 Å². The summed E-state index contributed by atoms with van der Waals surface area (Å²) in [6.07, 6.45) is -5.98. The van der Waals surface area contributed by atoms with Gasteiger partial charge in [-0.15, -0.1) is 0 Å². The van der Waals surface area contributed by atoms with Gasteiger partial charge in [0.05, 0.1) is 7.11 Å². The summed E-state index contributed by atoms with van der Waals surface area (Å²) < 4.78 is 40.8. The zero-order valence-electron chi connectivity index (χ0n) is 9.39. The molecule has 0 saturated heterocycles. The van der Waals surface area contributed by atoms with E-state index in [2.05, 4.69) is 5.32 Å². The van der Waals surface area contributed by atoms with Crippen molar-refractivity contribution in [3.8, 4) is 5.75 Å². The third kappa shape index (κ3) is 4.34. The zero-order chi connectivity index (χ0) is 13.1. The van der Waals surface area contributed by atoms with Crippen molar-refractivity contribution < 1.29 is 22.7 Å². The molecule has 0 bridgehead atoms. The highest BCUT2D eigenvalue weighted by atomic mass is 19.4. The number of carbonyl (C=O) groups excluding carboxylic acids is 1. The van der Waals surface area contributed by atoms with Gasteiger partial charge in [0, 0.05) is 5.69 Å². The Morgan fingerprint density at radius 1 is 1.41 bits per heavy atom. The largest absolute Gasteiger partial charge is 0.496 e. The minimum Gasteiger partial charge on any atom is -0.496 e. The number of carbonyl (C=O) groups is 1. The molecular weight excluding hydrogens is 235 g/mol. The van der Waals surface area contributed by atoms with Crippen molar-refractivity contribution >= 4 is 11.6 Å². The van der Waals surface area contributed by atoms with Crippen molar-refractivity contribution in [2.45, 2.75) is 19.5 Å². The van der Waals surface area contributed by atoms with E-state index in [1.165, 1.54) is 13.2 Å². The molecule has 6 heteroatoms. The van der Waals surface area contributed by atoms with Crippen molar-refractivity contribution in [1.29, 1.82) is 0 Å². The van der Waals surface area contributed by atoms with Gasteiger partial charge in [-0.2, -0.15) is 13.2 Å². The minimum absolute atomic E-state index is 0.317. The number of anilines is 1. The Morgan fingerprint density at radius 3 is 2.53 bits per heavy atom. The van der Waals surface area contributed by atoms with Gasteiger partial charge in [-0.25, -0.2) is 0 Å². The molecule has 0 radical (unpaired) electrons. The third-order valence-electron chi connectivity index (χ3n) is 2.04. The molecule has 1 N–H and O–H groups in total. The van der Waals surface area contributed by atoms with Gasteiger partial charge < -0.3 is 10.1 Å². The molecule has 0 aliphatic carbocycles. The van der Waals surface area contributed by atoms with E-state index < -0.39 is 18.5 Å². The number of methoxy groups -OCH3 is 1. The van der Waals surface area contributed by atoms with Crippen molar-refractivity contribution in [1.82, 2.24) is 0 Å². The van der Waals surface area contributed by atoms with E-state index >= 15 is 0 Å². The van der Waals surface area contributed by atoms with Gasteiger partial charge in [-0.3, -0.25) is 4.79 Å². The molecule has 0 aliphatic heterocycles. The topological polar surface area (TPSA) is 38.3 Å². The van der Waals surface area contributed by atoms with Crippen LogP contribution in [0.3, 0.4) is 0 Å². The van der Waals surface area contributed by atoms with Crippen LogP contribution in [0.25, 0.3) is 0 Å². The Labute approximate surface area is 96.6 Å². The number of benzene rings is 1. The molecule has 17 heavy (non-hydrogen) atoms. The first-order valence-electron chi connectivity index (χ1n) is 4.83. The Hall–Kier alpha value is -1.72. The maximum atomic E-state index is 11.9. The molecule has 0 atom stereocenters. The fourth-order valence-corrected chi connectivity index (χ4v) is 1.34. The maximum Gasteiger partial charge on any atom is 0.397 e. The summed E-state index contributed by atoms with van der Waals surface area (Å²) in [5, 5.41) is 2.18. The van der Waals surface area contributed by atoms with Gasteiger partial charge in [0.25, 0.3) is 0 Å². The molecule has 0 saturated carbocycles. The van der Waals surface area contributed by atoms with E-state index in [0.717, 1.165) is 5.56 Å². The molecule has 0 spiro atoms. The van der Waals surface area contributed by atoms with Crippen LogP contribution in [-0.4, -0.2) is 19.2 Å². The quantitative estimate of drug-likeness (QED) is 0.891. The second kappa shape index (κ2) is 5.07. The number of amides is 1. The number of alkyl halides is 3. The Kier molecular flexibility index (Phi) is 3.98. The van der Waals surface area contributed by atoms with Crippen molar-refractivity contribution in [3.63, 3.8) is 0 Å². The summed E-state index contributed by atoms with van der Waals surface area (Å²) in [6, 6.07) is 4.62. The molecule has 3 nitrogen and oxygen atoms in total. The summed E-state index contributed by atoms with van der Waals surface area (Å²) in [5.41, 5.74) is 1.05. The minimum atomic E-state index is -4.49. The van der Waals surface area contributed by atoms with Crippen LogP contribution < -0.4 is 10.1 Å². The van der Waals surface area contributed by atoms with Crippen LogP contribution in [0, 0.1) is 6.92 Å². The lowest BCUT2D eigenvalue weighted by Gasteiger charge is -2.10. The van der Waals surface area contributed by atoms with E-state index in [1.54, 1.807) is 19.1 Å². The standard InChI is InChI=1S/C11H12F3NO2/c1-7-5-8(3-4-9(7)17-2)15-10(16)6-11(12,13)14/h3-5H,6H2,1-2H3,(H,15,16). The lowest BCUT2D eigenvalue weighted by molar-refractivity contribution is -0.150. The van der Waals surface area contributed by atoms with E-state index in [9.17, 15) is 18.0 Å². The van der Waals surface area contributed by atoms with Gasteiger partial charge in [-0.05, 0) is 30.7 Å². The normalized spacial score (nSPS) is 11.1. The first-order chi connectivity index (χ1) is 7.81. The Balaban J connectivity index is 2.69. The molecular formula is C11H12F3NO2. The van der Waals surface area contributed by atoms with E-state index in [1.807, 2.05) is 0 Å². The van der Waals surface area contributed by atoms with Gasteiger partial charge in [-0.1, -0.05) is 0 Å². The average Bonchev–Trinajstić information content (AvgIpc) is 2.14. The molecule has 0 unspecified atom stereocenters. The fraction of sp³-hybridized carbons (Fsp3) is 0.364. The van der Waals surface area contributed by atoms with Crippen LogP contribution in [-0.2, 0) is 4.79 Å². The molecule has 0 aromatic heterocycles. The first kappa shape index (κ1) is 13.3. The smallest absolute Gasteiger partial charge is 0.397 e. The second-order valence-corrected chi connectivity index (χ2v) is 3.52. The number of nitrogens with one attached hydrogen (secondary N) is 1. The van der Waals surface area contributed by atoms with E-state index in [0.29, 0.717) is 11.4 Å². The Bertz CT molecular complexity index is 416. The molecule has 0 aliphatic rings. The molecule has 1 rings (SSSR count). The number of rotatable bonds is 3. The van der Waals surface area contributed by atoms with Crippen LogP contribution in [0.5, 0.6) is 5.75 Å². The lowest BCUT2D eigenvalue weighted by Crippen LogP contribution is -2.21. The number of halogens is 3. The predicted molar refractivity (Wildman–Crippen MR) is 57.0 cm³/mol. The Morgan fingerprint density at radius 2 is 2.06 bits per heavy atom. The van der Waals surface area contributed by atoms with Gasteiger partial charge in [0.2, 0.25) is 5.91 Å². The summed E-state index contributed by atoms with van der Waals surface area (Å²) in [7, 11) is 1.49. The number of aryl methyl sites for hydroxylation is 1.